The van der Waals surface area contributed by atoms with Crippen LogP contribution in [0, 0.1) is 5.41 Å². The summed E-state index contributed by atoms with van der Waals surface area (Å²) in [5.74, 6) is 0.808. The number of nitrogens with one attached hydrogen (secondary N) is 1. The van der Waals surface area contributed by atoms with Crippen LogP contribution in [-0.2, 0) is 10.1 Å². The fourth-order valence-electron chi connectivity index (χ4n) is 1.31. The van der Waals surface area contributed by atoms with Crippen LogP contribution in [0.2, 0.25) is 0 Å². The zero-order chi connectivity index (χ0) is 14.6. The number of rotatable bonds is 1. The van der Waals surface area contributed by atoms with Gasteiger partial charge >= 0.3 is 0 Å². The van der Waals surface area contributed by atoms with E-state index in [9.17, 15) is 13.5 Å². The van der Waals surface area contributed by atoms with Gasteiger partial charge in [0.2, 0.25) is 0 Å². The summed E-state index contributed by atoms with van der Waals surface area (Å²) < 4.78 is 31.2. The molecule has 0 spiro atoms. The maximum atomic E-state index is 9.20. The van der Waals surface area contributed by atoms with Crippen molar-refractivity contribution < 1.29 is 22.8 Å². The number of benzene rings is 1. The summed E-state index contributed by atoms with van der Waals surface area (Å²) in [6.07, 6.45) is 2.51. The van der Waals surface area contributed by atoms with Crippen LogP contribution in [0.4, 0.5) is 0 Å². The van der Waals surface area contributed by atoms with Gasteiger partial charge in [0.15, 0.2) is 0 Å². The molecular weight excluding hydrogens is 272 g/mol. The largest absolute Gasteiger partial charge is 0.508 e. The summed E-state index contributed by atoms with van der Waals surface area (Å²) in [4.78, 5) is 0. The van der Waals surface area contributed by atoms with E-state index in [1.54, 1.807) is 24.3 Å². The van der Waals surface area contributed by atoms with Gasteiger partial charge in [0, 0.05) is 17.2 Å². The first-order chi connectivity index (χ1) is 8.66. The van der Waals surface area contributed by atoms with Gasteiger partial charge < -0.3 is 15.6 Å². The van der Waals surface area contributed by atoms with Crippen LogP contribution in [0.15, 0.2) is 23.8 Å². The normalized spacial score (nSPS) is 13.3. The van der Waals surface area contributed by atoms with Gasteiger partial charge in [0.05, 0.1) is 6.26 Å². The quantitative estimate of drug-likeness (QED) is 0.339. The molecule has 1 aliphatic rings. The maximum absolute atomic E-state index is 9.20. The number of hydrogen-bond acceptors (Lipinski definition) is 5. The lowest BCUT2D eigenvalue weighted by Crippen LogP contribution is -2.20. The van der Waals surface area contributed by atoms with Crippen molar-refractivity contribution in [1.29, 1.82) is 5.41 Å². The highest BCUT2D eigenvalue weighted by Crippen LogP contribution is 2.29. The maximum Gasteiger partial charge on any atom is 0.261 e. The van der Waals surface area contributed by atoms with Crippen LogP contribution in [-0.4, -0.2) is 36.8 Å². The van der Waals surface area contributed by atoms with Gasteiger partial charge in [-0.05, 0) is 18.2 Å². The average molecular weight is 286 g/mol. The monoisotopic (exact) mass is 286 g/mol. The summed E-state index contributed by atoms with van der Waals surface area (Å²) in [5.41, 5.74) is 6.83. The van der Waals surface area contributed by atoms with Gasteiger partial charge in [-0.3, -0.25) is 9.96 Å². The van der Waals surface area contributed by atoms with Gasteiger partial charge in [-0.25, -0.2) is 0 Å². The average Bonchev–Trinajstić information content (AvgIpc) is 2.25. The summed E-state index contributed by atoms with van der Waals surface area (Å²) in [7, 11) is -3.67. The summed E-state index contributed by atoms with van der Waals surface area (Å²) in [6.45, 7) is 0.284. The van der Waals surface area contributed by atoms with Crippen molar-refractivity contribution in [2.75, 3.05) is 12.9 Å². The summed E-state index contributed by atoms with van der Waals surface area (Å²) in [6, 6.07) is 4.84. The van der Waals surface area contributed by atoms with Gasteiger partial charge in [-0.1, -0.05) is 0 Å². The van der Waals surface area contributed by atoms with Crippen LogP contribution in [0.1, 0.15) is 5.56 Å². The van der Waals surface area contributed by atoms with E-state index >= 15 is 0 Å². The first kappa shape index (κ1) is 15.0. The Morgan fingerprint density at radius 1 is 1.47 bits per heavy atom. The molecule has 0 aromatic heterocycles. The van der Waals surface area contributed by atoms with E-state index in [4.69, 9.17) is 20.4 Å². The zero-order valence-electron chi connectivity index (χ0n) is 10.1. The van der Waals surface area contributed by atoms with E-state index in [0.717, 1.165) is 5.56 Å². The predicted molar refractivity (Wildman–Crippen MR) is 71.0 cm³/mol. The lowest BCUT2D eigenvalue weighted by molar-refractivity contribution is 0.349. The number of amidine groups is 1. The first-order valence-electron chi connectivity index (χ1n) is 5.10. The highest BCUT2D eigenvalue weighted by Gasteiger charge is 2.13. The fraction of sp³-hybridized carbons (Fsp3) is 0.182. The van der Waals surface area contributed by atoms with Crippen LogP contribution in [0.3, 0.4) is 0 Å². The molecule has 1 aliphatic heterocycles. The Balaban J connectivity index is 0.000000312. The molecule has 7 nitrogen and oxygen atoms in total. The summed E-state index contributed by atoms with van der Waals surface area (Å²) >= 11 is 0. The van der Waals surface area contributed by atoms with Crippen molar-refractivity contribution in [3.63, 3.8) is 0 Å². The molecule has 0 saturated carbocycles. The van der Waals surface area contributed by atoms with E-state index in [-0.39, 0.29) is 18.2 Å². The van der Waals surface area contributed by atoms with E-state index in [1.807, 2.05) is 0 Å². The predicted octanol–water partition coefficient (Wildman–Crippen LogP) is 0.608. The first-order valence-corrected chi connectivity index (χ1v) is 6.95. The minimum absolute atomic E-state index is 0.0173. The van der Waals surface area contributed by atoms with Crippen molar-refractivity contribution in [1.82, 2.24) is 0 Å². The minimum atomic E-state index is -3.67. The Labute approximate surface area is 110 Å². The molecule has 1 aromatic carbocycles. The third-order valence-corrected chi connectivity index (χ3v) is 2.06. The topological polar surface area (TPSA) is 134 Å². The van der Waals surface area contributed by atoms with E-state index < -0.39 is 10.1 Å². The van der Waals surface area contributed by atoms with Crippen LogP contribution in [0.25, 0.3) is 6.08 Å². The molecular formula is C11H14N2O5S. The standard InChI is InChI=1S/C10H10N2O2.CH4O3S/c11-10(12)7-3-6-1-2-8(13)4-9(6)14-5-7;1-5(2,3)4/h1-4,13H,5H2,(H3,11,12);1H3,(H,2,3,4). The Morgan fingerprint density at radius 3 is 2.58 bits per heavy atom. The molecule has 0 amide bonds. The molecule has 0 radical (unpaired) electrons. The molecule has 1 aromatic rings. The third-order valence-electron chi connectivity index (χ3n) is 2.06. The van der Waals surface area contributed by atoms with Crippen LogP contribution < -0.4 is 10.5 Å². The lowest BCUT2D eigenvalue weighted by Gasteiger charge is -2.16. The summed E-state index contributed by atoms with van der Waals surface area (Å²) in [5, 5.41) is 16.4. The number of fused-ring (bicyclic) bond motifs is 1. The van der Waals surface area contributed by atoms with Gasteiger partial charge in [0.1, 0.15) is 23.9 Å². The second-order valence-corrected chi connectivity index (χ2v) is 5.29. The van der Waals surface area contributed by atoms with Crippen LogP contribution in [0.5, 0.6) is 11.5 Å². The molecule has 0 atom stereocenters. The zero-order valence-corrected chi connectivity index (χ0v) is 10.9. The fourth-order valence-corrected chi connectivity index (χ4v) is 1.31. The van der Waals surface area contributed by atoms with Crippen molar-refractivity contribution in [3.8, 4) is 11.5 Å². The molecule has 0 unspecified atom stereocenters. The molecule has 8 heteroatoms. The number of ether oxygens (including phenoxy) is 1. The smallest absolute Gasteiger partial charge is 0.261 e. The second kappa shape index (κ2) is 5.72. The second-order valence-electron chi connectivity index (χ2n) is 3.83. The SMILES string of the molecule is CS(=O)(=O)O.N=C(N)C1=Cc2ccc(O)cc2OC1. The number of hydrogen-bond donors (Lipinski definition) is 4. The number of aromatic hydroxyl groups is 1. The van der Waals surface area contributed by atoms with Crippen LogP contribution >= 0.6 is 0 Å². The van der Waals surface area contributed by atoms with Crippen molar-refractivity contribution >= 4 is 22.0 Å². The highest BCUT2D eigenvalue weighted by molar-refractivity contribution is 7.85. The van der Waals surface area contributed by atoms with E-state index in [0.29, 0.717) is 17.6 Å². The van der Waals surface area contributed by atoms with Gasteiger partial charge in [0.25, 0.3) is 10.1 Å². The molecule has 5 N–H and O–H groups in total. The molecule has 0 bridgehead atoms. The van der Waals surface area contributed by atoms with E-state index in [1.165, 1.54) is 0 Å². The number of phenolic OH excluding ortho intramolecular Hbond substituents is 1. The molecule has 1 heterocycles. The molecule has 0 saturated heterocycles. The Kier molecular flexibility index (Phi) is 4.52. The van der Waals surface area contributed by atoms with Gasteiger partial charge in [-0.2, -0.15) is 8.42 Å². The van der Waals surface area contributed by atoms with E-state index in [2.05, 4.69) is 0 Å². The highest BCUT2D eigenvalue weighted by atomic mass is 32.2. The van der Waals surface area contributed by atoms with Crippen molar-refractivity contribution in [2.45, 2.75) is 0 Å². The van der Waals surface area contributed by atoms with Gasteiger partial charge in [-0.15, -0.1) is 0 Å². The number of nitrogens with two attached hydrogens (primary N) is 1. The minimum Gasteiger partial charge on any atom is -0.508 e. The third kappa shape index (κ3) is 5.40. The molecule has 2 rings (SSSR count). The number of phenols is 1. The Bertz CT molecular complexity index is 614. The molecule has 0 aliphatic carbocycles. The Hall–Kier alpha value is -2.06. The molecule has 19 heavy (non-hydrogen) atoms. The molecule has 0 fully saturated rings. The van der Waals surface area contributed by atoms with Crippen molar-refractivity contribution in [3.05, 3.63) is 29.3 Å². The van der Waals surface area contributed by atoms with Crippen molar-refractivity contribution in [2.24, 2.45) is 5.73 Å². The lowest BCUT2D eigenvalue weighted by atomic mass is 10.1. The molecule has 104 valence electrons. The Morgan fingerprint density at radius 2 is 2.05 bits per heavy atom.